The summed E-state index contributed by atoms with van der Waals surface area (Å²) in [5, 5.41) is 6.27. The van der Waals surface area contributed by atoms with Gasteiger partial charge in [-0.2, -0.15) is 0 Å². The average Bonchev–Trinajstić information content (AvgIpc) is 3.15. The molecule has 2 aliphatic rings. The van der Waals surface area contributed by atoms with Gasteiger partial charge in [0.15, 0.2) is 0 Å². The SMILES string of the molecule is CC1(C)C2CCC1(C(=O)Nc1cccc3ccccc13)c1nc3cc(Cl)c(Cl)cc3nc12. The van der Waals surface area contributed by atoms with Crippen LogP contribution in [0.5, 0.6) is 0 Å². The molecule has 2 atom stereocenters. The monoisotopic (exact) mass is 461 g/mol. The van der Waals surface area contributed by atoms with Gasteiger partial charge < -0.3 is 5.32 Å². The lowest BCUT2D eigenvalue weighted by atomic mass is 9.67. The molecule has 2 aliphatic carbocycles. The van der Waals surface area contributed by atoms with Crippen LogP contribution in [0.15, 0.2) is 54.6 Å². The van der Waals surface area contributed by atoms with E-state index in [9.17, 15) is 4.79 Å². The number of carbonyl (C=O) groups is 1. The highest BCUT2D eigenvalue weighted by molar-refractivity contribution is 6.42. The van der Waals surface area contributed by atoms with E-state index >= 15 is 0 Å². The molecule has 1 amide bonds. The second kappa shape index (κ2) is 6.66. The van der Waals surface area contributed by atoms with E-state index in [2.05, 4.69) is 31.3 Å². The van der Waals surface area contributed by atoms with E-state index in [1.54, 1.807) is 12.1 Å². The molecular formula is C26H21Cl2N3O. The minimum Gasteiger partial charge on any atom is -0.325 e. The van der Waals surface area contributed by atoms with E-state index < -0.39 is 5.41 Å². The number of nitrogens with one attached hydrogen (secondary N) is 1. The number of amides is 1. The molecule has 0 radical (unpaired) electrons. The van der Waals surface area contributed by atoms with Crippen LogP contribution in [0.2, 0.25) is 10.0 Å². The molecule has 1 N–H and O–H groups in total. The van der Waals surface area contributed by atoms with Gasteiger partial charge in [0, 0.05) is 17.0 Å². The minimum absolute atomic E-state index is 0.0196. The molecule has 160 valence electrons. The van der Waals surface area contributed by atoms with E-state index in [0.717, 1.165) is 40.7 Å². The highest BCUT2D eigenvalue weighted by atomic mass is 35.5. The summed E-state index contributed by atoms with van der Waals surface area (Å²) in [6.45, 7) is 4.34. The maximum absolute atomic E-state index is 14.0. The number of hydrogen-bond donors (Lipinski definition) is 1. The van der Waals surface area contributed by atoms with Crippen molar-refractivity contribution in [2.75, 3.05) is 5.32 Å². The Morgan fingerprint density at radius 3 is 2.47 bits per heavy atom. The van der Waals surface area contributed by atoms with Gasteiger partial charge in [-0.1, -0.05) is 73.4 Å². The molecule has 32 heavy (non-hydrogen) atoms. The summed E-state index contributed by atoms with van der Waals surface area (Å²) in [7, 11) is 0. The van der Waals surface area contributed by atoms with Crippen molar-refractivity contribution in [3.8, 4) is 0 Å². The first-order chi connectivity index (χ1) is 15.3. The Morgan fingerprint density at radius 2 is 1.69 bits per heavy atom. The number of nitrogens with zero attached hydrogens (tertiary/aromatic N) is 2. The van der Waals surface area contributed by atoms with Crippen LogP contribution in [0.3, 0.4) is 0 Å². The van der Waals surface area contributed by atoms with Gasteiger partial charge in [0.2, 0.25) is 5.91 Å². The standard InChI is InChI=1S/C26H21Cl2N3O/c1-25(2)16-10-11-26(25,23-22(16)29-20-12-17(27)18(28)13-21(20)30-23)24(32)31-19-9-5-7-14-6-3-4-8-15(14)19/h3-9,12-13,16H,10-11H2,1-2H3,(H,31,32). The van der Waals surface area contributed by atoms with Crippen LogP contribution >= 0.6 is 23.2 Å². The number of carbonyl (C=O) groups excluding carboxylic acids is 1. The van der Waals surface area contributed by atoms with Crippen molar-refractivity contribution in [1.29, 1.82) is 0 Å². The third-order valence-electron chi connectivity index (χ3n) is 7.67. The summed E-state index contributed by atoms with van der Waals surface area (Å²) in [4.78, 5) is 23.9. The number of halogens is 2. The third-order valence-corrected chi connectivity index (χ3v) is 8.39. The number of fused-ring (bicyclic) bond motifs is 7. The van der Waals surface area contributed by atoms with Crippen LogP contribution in [-0.4, -0.2) is 15.9 Å². The van der Waals surface area contributed by atoms with Gasteiger partial charge in [0.05, 0.1) is 37.9 Å². The lowest BCUT2D eigenvalue weighted by Crippen LogP contribution is -2.46. The van der Waals surface area contributed by atoms with Gasteiger partial charge >= 0.3 is 0 Å². The van der Waals surface area contributed by atoms with Crippen LogP contribution in [0, 0.1) is 5.41 Å². The summed E-state index contributed by atoms with van der Waals surface area (Å²) in [5.74, 6) is 0.149. The van der Waals surface area contributed by atoms with Crippen molar-refractivity contribution in [3.63, 3.8) is 0 Å². The molecular weight excluding hydrogens is 441 g/mol. The van der Waals surface area contributed by atoms with Gasteiger partial charge in [0.1, 0.15) is 0 Å². The fraction of sp³-hybridized carbons (Fsp3) is 0.269. The van der Waals surface area contributed by atoms with Gasteiger partial charge in [0.25, 0.3) is 0 Å². The molecule has 6 heteroatoms. The number of benzene rings is 3. The van der Waals surface area contributed by atoms with Crippen LogP contribution < -0.4 is 5.32 Å². The highest BCUT2D eigenvalue weighted by Crippen LogP contribution is 2.67. The van der Waals surface area contributed by atoms with Crippen molar-refractivity contribution in [2.45, 2.75) is 38.0 Å². The predicted molar refractivity (Wildman–Crippen MR) is 130 cm³/mol. The van der Waals surface area contributed by atoms with E-state index in [1.807, 2.05) is 30.3 Å². The van der Waals surface area contributed by atoms with Crippen molar-refractivity contribution in [1.82, 2.24) is 9.97 Å². The van der Waals surface area contributed by atoms with Crippen LogP contribution in [0.25, 0.3) is 21.8 Å². The second-order valence-corrected chi connectivity index (χ2v) is 10.2. The van der Waals surface area contributed by atoms with Gasteiger partial charge in [-0.15, -0.1) is 0 Å². The average molecular weight is 462 g/mol. The molecule has 2 unspecified atom stereocenters. The molecule has 3 aromatic carbocycles. The van der Waals surface area contributed by atoms with E-state index in [4.69, 9.17) is 33.2 Å². The summed E-state index contributed by atoms with van der Waals surface area (Å²) < 4.78 is 0. The van der Waals surface area contributed by atoms with E-state index in [1.165, 1.54) is 0 Å². The van der Waals surface area contributed by atoms with Crippen molar-refractivity contribution < 1.29 is 4.79 Å². The van der Waals surface area contributed by atoms with Gasteiger partial charge in [-0.05, 0) is 41.8 Å². The molecule has 1 saturated carbocycles. The molecule has 0 spiro atoms. The molecule has 0 aliphatic heterocycles. The molecule has 0 saturated heterocycles. The Morgan fingerprint density at radius 1 is 1.00 bits per heavy atom. The van der Waals surface area contributed by atoms with Crippen molar-refractivity contribution >= 4 is 56.6 Å². The first kappa shape index (κ1) is 20.0. The quantitative estimate of drug-likeness (QED) is 0.353. The Labute approximate surface area is 196 Å². The van der Waals surface area contributed by atoms with Crippen LogP contribution in [-0.2, 0) is 10.2 Å². The first-order valence-corrected chi connectivity index (χ1v) is 11.5. The maximum atomic E-state index is 14.0. The zero-order chi connectivity index (χ0) is 22.3. The van der Waals surface area contributed by atoms with E-state index in [0.29, 0.717) is 21.1 Å². The summed E-state index contributed by atoms with van der Waals surface area (Å²) in [6, 6.07) is 17.6. The van der Waals surface area contributed by atoms with Crippen molar-refractivity contribution in [2.24, 2.45) is 5.41 Å². The number of rotatable bonds is 2. The van der Waals surface area contributed by atoms with Crippen LogP contribution in [0.4, 0.5) is 5.69 Å². The number of anilines is 1. The summed E-state index contributed by atoms with van der Waals surface area (Å²) in [5.41, 5.74) is 2.83. The predicted octanol–water partition coefficient (Wildman–Crippen LogP) is 6.88. The minimum atomic E-state index is -0.753. The Kier molecular flexibility index (Phi) is 4.15. The lowest BCUT2D eigenvalue weighted by molar-refractivity contribution is -0.124. The second-order valence-electron chi connectivity index (χ2n) is 9.41. The molecule has 2 bridgehead atoms. The van der Waals surface area contributed by atoms with Crippen LogP contribution in [0.1, 0.15) is 44.0 Å². The largest absolute Gasteiger partial charge is 0.325 e. The van der Waals surface area contributed by atoms with Gasteiger partial charge in [-0.3, -0.25) is 4.79 Å². The highest BCUT2D eigenvalue weighted by Gasteiger charge is 2.67. The lowest BCUT2D eigenvalue weighted by Gasteiger charge is -2.36. The Balaban J connectivity index is 1.52. The topological polar surface area (TPSA) is 54.9 Å². The number of hydrogen-bond acceptors (Lipinski definition) is 3. The molecule has 1 fully saturated rings. The molecule has 1 aromatic heterocycles. The summed E-state index contributed by atoms with van der Waals surface area (Å²) in [6.07, 6.45) is 1.65. The molecule has 6 rings (SSSR count). The fourth-order valence-corrected chi connectivity index (χ4v) is 6.26. The molecule has 4 aromatic rings. The zero-order valence-corrected chi connectivity index (χ0v) is 19.3. The summed E-state index contributed by atoms with van der Waals surface area (Å²) >= 11 is 12.5. The smallest absolute Gasteiger partial charge is 0.237 e. The maximum Gasteiger partial charge on any atom is 0.237 e. The van der Waals surface area contributed by atoms with E-state index in [-0.39, 0.29) is 17.2 Å². The normalized spacial score (nSPS) is 22.9. The Bertz CT molecular complexity index is 1440. The molecule has 4 nitrogen and oxygen atoms in total. The first-order valence-electron chi connectivity index (χ1n) is 10.8. The number of aromatic nitrogens is 2. The van der Waals surface area contributed by atoms with Crippen molar-refractivity contribution in [3.05, 3.63) is 76.0 Å². The fourth-order valence-electron chi connectivity index (χ4n) is 5.94. The third kappa shape index (κ3) is 2.48. The molecule has 1 heterocycles. The van der Waals surface area contributed by atoms with Gasteiger partial charge in [-0.25, -0.2) is 9.97 Å². The zero-order valence-electron chi connectivity index (χ0n) is 17.7. The Hall–Kier alpha value is -2.69.